The fourth-order valence-corrected chi connectivity index (χ4v) is 3.68. The van der Waals surface area contributed by atoms with Gasteiger partial charge in [0.2, 0.25) is 5.91 Å². The topological polar surface area (TPSA) is 61.4 Å². The zero-order valence-corrected chi connectivity index (χ0v) is 14.1. The van der Waals surface area contributed by atoms with E-state index in [0.717, 1.165) is 31.6 Å². The summed E-state index contributed by atoms with van der Waals surface area (Å²) in [6, 6.07) is 3.46. The van der Waals surface area contributed by atoms with E-state index in [9.17, 15) is 18.7 Å². The maximum absolute atomic E-state index is 13.1. The van der Waals surface area contributed by atoms with Crippen LogP contribution < -0.4 is 10.6 Å². The Morgan fingerprint density at radius 1 is 1.21 bits per heavy atom. The third-order valence-corrected chi connectivity index (χ3v) is 5.02. The minimum Gasteiger partial charge on any atom is -0.391 e. The number of halogens is 3. The highest BCUT2D eigenvalue weighted by Gasteiger charge is 2.39. The smallest absolute Gasteiger partial charge is 0.220 e. The molecule has 134 valence electrons. The van der Waals surface area contributed by atoms with Crippen LogP contribution in [0.15, 0.2) is 18.2 Å². The van der Waals surface area contributed by atoms with E-state index in [4.69, 9.17) is 0 Å². The van der Waals surface area contributed by atoms with Gasteiger partial charge in [0.05, 0.1) is 12.1 Å². The molecule has 1 aliphatic heterocycles. The summed E-state index contributed by atoms with van der Waals surface area (Å²) in [6.07, 6.45) is 1.53. The first-order valence-corrected chi connectivity index (χ1v) is 8.15. The van der Waals surface area contributed by atoms with Crippen LogP contribution in [0.5, 0.6) is 0 Å². The summed E-state index contributed by atoms with van der Waals surface area (Å²) in [5, 5.41) is 16.4. The highest BCUT2D eigenvalue weighted by Crippen LogP contribution is 2.32. The molecule has 3 rings (SSSR count). The predicted octanol–water partition coefficient (Wildman–Crippen LogP) is 1.79. The summed E-state index contributed by atoms with van der Waals surface area (Å²) >= 11 is 0. The van der Waals surface area contributed by atoms with Gasteiger partial charge in [-0.1, -0.05) is 6.07 Å². The summed E-state index contributed by atoms with van der Waals surface area (Å²) in [6.45, 7) is 1.89. The molecule has 0 aromatic heterocycles. The predicted molar refractivity (Wildman–Crippen MR) is 88.9 cm³/mol. The Morgan fingerprint density at radius 2 is 1.92 bits per heavy atom. The van der Waals surface area contributed by atoms with Crippen molar-refractivity contribution in [3.05, 3.63) is 35.4 Å². The monoisotopic (exact) mass is 360 g/mol. The van der Waals surface area contributed by atoms with E-state index in [-0.39, 0.29) is 30.8 Å². The zero-order valence-electron chi connectivity index (χ0n) is 13.3. The number of rotatable bonds is 4. The molecule has 1 saturated carbocycles. The number of amides is 1. The van der Waals surface area contributed by atoms with Crippen LogP contribution in [0.3, 0.4) is 0 Å². The van der Waals surface area contributed by atoms with Gasteiger partial charge in [0.1, 0.15) is 0 Å². The molecule has 1 aromatic carbocycles. The van der Waals surface area contributed by atoms with Gasteiger partial charge >= 0.3 is 0 Å². The van der Waals surface area contributed by atoms with Gasteiger partial charge < -0.3 is 15.7 Å². The first-order chi connectivity index (χ1) is 11.0. The number of aryl methyl sites for hydroxylation is 1. The fourth-order valence-electron chi connectivity index (χ4n) is 3.68. The Labute approximate surface area is 146 Å². The summed E-state index contributed by atoms with van der Waals surface area (Å²) in [5.41, 5.74) is 0.586. The summed E-state index contributed by atoms with van der Waals surface area (Å²) in [4.78, 5) is 12.1. The van der Waals surface area contributed by atoms with Crippen molar-refractivity contribution in [2.75, 3.05) is 13.1 Å². The van der Waals surface area contributed by atoms with Crippen LogP contribution in [0.25, 0.3) is 0 Å². The van der Waals surface area contributed by atoms with E-state index < -0.39 is 17.7 Å². The van der Waals surface area contributed by atoms with Gasteiger partial charge in [-0.25, -0.2) is 8.78 Å². The number of aliphatic hydroxyl groups is 1. The quantitative estimate of drug-likeness (QED) is 0.767. The number of aliphatic hydroxyl groups excluding tert-OH is 1. The molecule has 0 bridgehead atoms. The third-order valence-electron chi connectivity index (χ3n) is 5.02. The van der Waals surface area contributed by atoms with Crippen LogP contribution in [0.1, 0.15) is 24.8 Å². The average molecular weight is 361 g/mol. The Balaban J connectivity index is 0.00000208. The minimum absolute atomic E-state index is 0. The molecule has 1 aromatic rings. The van der Waals surface area contributed by atoms with Gasteiger partial charge in [-0.15, -0.1) is 12.4 Å². The van der Waals surface area contributed by atoms with Crippen molar-refractivity contribution in [1.29, 1.82) is 0 Å². The van der Waals surface area contributed by atoms with Gasteiger partial charge in [0, 0.05) is 6.42 Å². The van der Waals surface area contributed by atoms with Crippen molar-refractivity contribution in [2.45, 2.75) is 37.8 Å². The lowest BCUT2D eigenvalue weighted by Gasteiger charge is -2.35. The molecule has 2 fully saturated rings. The molecule has 7 heteroatoms. The Bertz CT molecular complexity index is 588. The van der Waals surface area contributed by atoms with Gasteiger partial charge in [-0.05, 0) is 61.9 Å². The first-order valence-electron chi connectivity index (χ1n) is 8.15. The number of nitrogens with one attached hydrogen (secondary N) is 2. The van der Waals surface area contributed by atoms with Crippen LogP contribution in [0.4, 0.5) is 8.78 Å². The second-order valence-electron chi connectivity index (χ2n) is 6.64. The molecule has 4 nitrogen and oxygen atoms in total. The van der Waals surface area contributed by atoms with Crippen LogP contribution in [0, 0.1) is 23.5 Å². The molecule has 0 radical (unpaired) electrons. The molecule has 1 saturated heterocycles. The lowest BCUT2D eigenvalue weighted by Crippen LogP contribution is -2.49. The molecular weight excluding hydrogens is 338 g/mol. The molecule has 0 spiro atoms. The zero-order chi connectivity index (χ0) is 16.4. The largest absolute Gasteiger partial charge is 0.391 e. The number of carbonyl (C=O) groups is 1. The summed E-state index contributed by atoms with van der Waals surface area (Å²) in [5.74, 6) is -0.938. The molecule has 3 N–H and O–H groups in total. The number of hydrogen-bond acceptors (Lipinski definition) is 3. The van der Waals surface area contributed by atoms with E-state index >= 15 is 0 Å². The van der Waals surface area contributed by atoms with Crippen molar-refractivity contribution < 1.29 is 18.7 Å². The second kappa shape index (κ2) is 8.23. The third kappa shape index (κ3) is 4.43. The second-order valence-corrected chi connectivity index (χ2v) is 6.64. The van der Waals surface area contributed by atoms with Crippen molar-refractivity contribution in [2.24, 2.45) is 11.8 Å². The Morgan fingerprint density at radius 3 is 2.62 bits per heavy atom. The van der Waals surface area contributed by atoms with E-state index in [1.807, 2.05) is 0 Å². The first kappa shape index (κ1) is 19.1. The number of hydrogen-bond donors (Lipinski definition) is 3. The lowest BCUT2D eigenvalue weighted by atomic mass is 9.77. The molecule has 2 aliphatic rings. The van der Waals surface area contributed by atoms with Crippen LogP contribution in [-0.4, -0.2) is 36.2 Å². The average Bonchev–Trinajstić information content (AvgIpc) is 2.96. The number of carbonyl (C=O) groups excluding carboxylic acids is 1. The summed E-state index contributed by atoms with van der Waals surface area (Å²) < 4.78 is 26.0. The summed E-state index contributed by atoms with van der Waals surface area (Å²) in [7, 11) is 0. The van der Waals surface area contributed by atoms with Gasteiger partial charge in [0.25, 0.3) is 0 Å². The molecule has 1 aliphatic carbocycles. The van der Waals surface area contributed by atoms with Crippen LogP contribution in [-0.2, 0) is 11.2 Å². The van der Waals surface area contributed by atoms with Crippen molar-refractivity contribution in [3.8, 4) is 0 Å². The van der Waals surface area contributed by atoms with E-state index in [0.29, 0.717) is 30.2 Å². The molecule has 1 heterocycles. The van der Waals surface area contributed by atoms with Crippen molar-refractivity contribution >= 4 is 18.3 Å². The van der Waals surface area contributed by atoms with Crippen molar-refractivity contribution in [3.63, 3.8) is 0 Å². The highest BCUT2D eigenvalue weighted by molar-refractivity contribution is 5.85. The SMILES string of the molecule is Cl.O=C(CCc1ccc(F)c(F)c1)N[C@H]1C[C@H]2CNC[C@H]2C[C@@H]1O. The maximum Gasteiger partial charge on any atom is 0.220 e. The molecule has 4 atom stereocenters. The van der Waals surface area contributed by atoms with Gasteiger partial charge in [0.15, 0.2) is 11.6 Å². The van der Waals surface area contributed by atoms with E-state index in [2.05, 4.69) is 10.6 Å². The van der Waals surface area contributed by atoms with Crippen LogP contribution >= 0.6 is 12.4 Å². The maximum atomic E-state index is 13.1. The van der Waals surface area contributed by atoms with Gasteiger partial charge in [-0.3, -0.25) is 4.79 Å². The Hall–Kier alpha value is -1.24. The molecule has 0 unspecified atom stereocenters. The van der Waals surface area contributed by atoms with E-state index in [1.165, 1.54) is 6.07 Å². The minimum atomic E-state index is -0.898. The Kier molecular flexibility index (Phi) is 6.54. The van der Waals surface area contributed by atoms with Crippen molar-refractivity contribution in [1.82, 2.24) is 10.6 Å². The normalized spacial score (nSPS) is 28.8. The van der Waals surface area contributed by atoms with E-state index in [1.54, 1.807) is 0 Å². The number of fused-ring (bicyclic) bond motifs is 1. The lowest BCUT2D eigenvalue weighted by molar-refractivity contribution is -0.123. The number of benzene rings is 1. The van der Waals surface area contributed by atoms with Crippen LogP contribution in [0.2, 0.25) is 0 Å². The molecule has 24 heavy (non-hydrogen) atoms. The highest BCUT2D eigenvalue weighted by atomic mass is 35.5. The fraction of sp³-hybridized carbons (Fsp3) is 0.588. The standard InChI is InChI=1S/C17H22F2N2O2.ClH/c18-13-3-1-10(5-14(13)19)2-4-17(23)21-15-6-11-8-20-9-12(11)7-16(15)22;/h1,3,5,11-12,15-16,20,22H,2,4,6-9H2,(H,21,23);1H/t11-,12+,15-,16-;/m0./s1. The molecular formula is C17H23ClF2N2O2. The molecule has 1 amide bonds. The van der Waals surface area contributed by atoms with Gasteiger partial charge in [-0.2, -0.15) is 0 Å².